The Morgan fingerprint density at radius 1 is 0.963 bits per heavy atom. The zero-order valence-electron chi connectivity index (χ0n) is 15.4. The van der Waals surface area contributed by atoms with Gasteiger partial charge in [-0.15, -0.1) is 0 Å². The fourth-order valence-corrected chi connectivity index (χ4v) is 4.68. The first kappa shape index (κ1) is 18.1. The van der Waals surface area contributed by atoms with E-state index in [-0.39, 0.29) is 0 Å². The summed E-state index contributed by atoms with van der Waals surface area (Å²) in [6, 6.07) is 5.80. The minimum absolute atomic E-state index is 0.533. The molecular formula is C21H24ClN5. The number of aromatic nitrogens is 2. The van der Waals surface area contributed by atoms with Crippen molar-refractivity contribution >= 4 is 28.8 Å². The molecule has 3 heterocycles. The van der Waals surface area contributed by atoms with Gasteiger partial charge in [-0.1, -0.05) is 17.7 Å². The normalized spacial score (nSPS) is 19.1. The van der Waals surface area contributed by atoms with E-state index in [1.165, 1.54) is 25.7 Å². The summed E-state index contributed by atoms with van der Waals surface area (Å²) >= 11 is 6.21. The maximum Gasteiger partial charge on any atom is 0.205 e. The third kappa shape index (κ3) is 4.01. The third-order valence-electron chi connectivity index (χ3n) is 6.04. The van der Waals surface area contributed by atoms with Crippen molar-refractivity contribution in [3.63, 3.8) is 0 Å². The molecule has 0 N–H and O–H groups in total. The molecule has 2 aromatic rings. The van der Waals surface area contributed by atoms with Crippen molar-refractivity contribution in [2.24, 2.45) is 11.8 Å². The van der Waals surface area contributed by atoms with E-state index in [9.17, 15) is 0 Å². The van der Waals surface area contributed by atoms with Crippen LogP contribution in [0.1, 0.15) is 25.7 Å². The van der Waals surface area contributed by atoms with Gasteiger partial charge in [0.05, 0.1) is 12.8 Å². The van der Waals surface area contributed by atoms with Crippen LogP contribution in [-0.4, -0.2) is 36.1 Å². The van der Waals surface area contributed by atoms with E-state index < -0.39 is 0 Å². The van der Waals surface area contributed by atoms with Crippen LogP contribution in [0.25, 0.3) is 4.85 Å². The Morgan fingerprint density at radius 3 is 2.19 bits per heavy atom. The largest absolute Gasteiger partial charge is 0.372 e. The SMILES string of the molecule is [C-]#[N+]c1ccc(N2CCC(C3CCN(c4cnccn4)CC3)CC2)cc1Cl. The lowest BCUT2D eigenvalue weighted by atomic mass is 9.78. The molecule has 0 saturated carbocycles. The standard InChI is InChI=1S/C21H24ClN5/c1-23-20-3-2-18(14-19(20)22)26-10-4-16(5-11-26)17-6-12-27(13-7-17)21-15-24-8-9-25-21/h2-3,8-9,14-17H,4-7,10-13H2. The van der Waals surface area contributed by atoms with Crippen LogP contribution in [0.4, 0.5) is 17.2 Å². The molecule has 6 heteroatoms. The van der Waals surface area contributed by atoms with E-state index in [1.54, 1.807) is 12.4 Å². The van der Waals surface area contributed by atoms with Crippen LogP contribution in [0.3, 0.4) is 0 Å². The average molecular weight is 382 g/mol. The van der Waals surface area contributed by atoms with E-state index in [4.69, 9.17) is 18.2 Å². The van der Waals surface area contributed by atoms with Gasteiger partial charge in [0.15, 0.2) is 0 Å². The highest BCUT2D eigenvalue weighted by Gasteiger charge is 2.30. The molecule has 0 radical (unpaired) electrons. The molecule has 2 fully saturated rings. The number of benzene rings is 1. The molecule has 140 valence electrons. The monoisotopic (exact) mass is 381 g/mol. The molecule has 0 amide bonds. The number of rotatable bonds is 3. The van der Waals surface area contributed by atoms with Crippen molar-refractivity contribution in [2.45, 2.75) is 25.7 Å². The summed E-state index contributed by atoms with van der Waals surface area (Å²) < 4.78 is 0. The summed E-state index contributed by atoms with van der Waals surface area (Å²) in [6.07, 6.45) is 10.3. The minimum Gasteiger partial charge on any atom is -0.372 e. The van der Waals surface area contributed by atoms with Crippen LogP contribution in [0.2, 0.25) is 5.02 Å². The maximum absolute atomic E-state index is 7.12. The summed E-state index contributed by atoms with van der Waals surface area (Å²) in [6.45, 7) is 11.4. The summed E-state index contributed by atoms with van der Waals surface area (Å²) in [5, 5.41) is 0.556. The highest BCUT2D eigenvalue weighted by atomic mass is 35.5. The first-order valence-electron chi connectivity index (χ1n) is 9.67. The van der Waals surface area contributed by atoms with Crippen molar-refractivity contribution in [1.29, 1.82) is 0 Å². The summed E-state index contributed by atoms with van der Waals surface area (Å²) in [5.74, 6) is 2.63. The third-order valence-corrected chi connectivity index (χ3v) is 6.34. The highest BCUT2D eigenvalue weighted by molar-refractivity contribution is 6.33. The Bertz CT molecular complexity index is 803. The van der Waals surface area contributed by atoms with Crippen LogP contribution in [0.5, 0.6) is 0 Å². The predicted molar refractivity (Wildman–Crippen MR) is 110 cm³/mol. The van der Waals surface area contributed by atoms with Crippen molar-refractivity contribution < 1.29 is 0 Å². The highest BCUT2D eigenvalue weighted by Crippen LogP contribution is 2.36. The van der Waals surface area contributed by atoms with Crippen molar-refractivity contribution in [1.82, 2.24) is 9.97 Å². The van der Waals surface area contributed by atoms with Crippen LogP contribution in [0, 0.1) is 18.4 Å². The van der Waals surface area contributed by atoms with Gasteiger partial charge in [0.1, 0.15) is 5.82 Å². The number of hydrogen-bond donors (Lipinski definition) is 0. The van der Waals surface area contributed by atoms with Crippen LogP contribution < -0.4 is 9.80 Å². The second-order valence-corrected chi connectivity index (χ2v) is 7.87. The van der Waals surface area contributed by atoms with Gasteiger partial charge in [0, 0.05) is 49.3 Å². The molecule has 0 aliphatic carbocycles. The first-order valence-corrected chi connectivity index (χ1v) is 10.1. The molecule has 0 atom stereocenters. The van der Waals surface area contributed by atoms with Gasteiger partial charge < -0.3 is 9.80 Å². The van der Waals surface area contributed by atoms with Crippen molar-refractivity contribution in [3.8, 4) is 0 Å². The number of halogens is 1. The molecular weight excluding hydrogens is 358 g/mol. The van der Waals surface area contributed by atoms with Gasteiger partial charge in [-0.3, -0.25) is 4.98 Å². The summed E-state index contributed by atoms with van der Waals surface area (Å²) in [4.78, 5) is 16.8. The topological polar surface area (TPSA) is 36.6 Å². The fourth-order valence-electron chi connectivity index (χ4n) is 4.47. The van der Waals surface area contributed by atoms with Gasteiger partial charge >= 0.3 is 0 Å². The van der Waals surface area contributed by atoms with Gasteiger partial charge in [0.2, 0.25) is 5.69 Å². The van der Waals surface area contributed by atoms with Crippen molar-refractivity contribution in [3.05, 3.63) is 53.2 Å². The second-order valence-electron chi connectivity index (χ2n) is 7.46. The zero-order chi connectivity index (χ0) is 18.6. The van der Waals surface area contributed by atoms with Gasteiger partial charge in [-0.2, -0.15) is 0 Å². The van der Waals surface area contributed by atoms with Crippen LogP contribution in [0.15, 0.2) is 36.8 Å². The van der Waals surface area contributed by atoms with E-state index in [0.29, 0.717) is 10.7 Å². The molecule has 2 saturated heterocycles. The van der Waals surface area contributed by atoms with Gasteiger partial charge in [-0.25, -0.2) is 9.83 Å². The molecule has 27 heavy (non-hydrogen) atoms. The number of hydrogen-bond acceptors (Lipinski definition) is 4. The summed E-state index contributed by atoms with van der Waals surface area (Å²) in [7, 11) is 0. The Hall–Kier alpha value is -2.32. The Labute approximate surface area is 165 Å². The molecule has 0 spiro atoms. The maximum atomic E-state index is 7.12. The lowest BCUT2D eigenvalue weighted by Gasteiger charge is -2.41. The van der Waals surface area contributed by atoms with Gasteiger partial charge in [-0.05, 0) is 49.7 Å². The quantitative estimate of drug-likeness (QED) is 0.714. The number of nitrogens with zero attached hydrogens (tertiary/aromatic N) is 5. The molecule has 4 rings (SSSR count). The molecule has 2 aliphatic rings. The predicted octanol–water partition coefficient (Wildman–Crippen LogP) is 4.81. The van der Waals surface area contributed by atoms with E-state index >= 15 is 0 Å². The molecule has 5 nitrogen and oxygen atoms in total. The number of anilines is 2. The number of piperidine rings is 2. The fraction of sp³-hybridized carbons (Fsp3) is 0.476. The smallest absolute Gasteiger partial charge is 0.205 e. The lowest BCUT2D eigenvalue weighted by Crippen LogP contribution is -2.41. The Morgan fingerprint density at radius 2 is 1.63 bits per heavy atom. The first-order chi connectivity index (χ1) is 13.2. The molecule has 1 aromatic carbocycles. The Balaban J connectivity index is 1.30. The molecule has 0 bridgehead atoms. The molecule has 1 aromatic heterocycles. The lowest BCUT2D eigenvalue weighted by molar-refractivity contribution is 0.233. The van der Waals surface area contributed by atoms with Crippen LogP contribution in [-0.2, 0) is 0 Å². The molecule has 0 unspecified atom stereocenters. The molecule has 2 aliphatic heterocycles. The van der Waals surface area contributed by atoms with Crippen molar-refractivity contribution in [2.75, 3.05) is 36.0 Å². The van der Waals surface area contributed by atoms with Gasteiger partial charge in [0.25, 0.3) is 0 Å². The summed E-state index contributed by atoms with van der Waals surface area (Å²) in [5.41, 5.74) is 1.67. The minimum atomic E-state index is 0.533. The van der Waals surface area contributed by atoms with Crippen LogP contribution >= 0.6 is 11.6 Å². The average Bonchev–Trinajstić information content (AvgIpc) is 2.74. The second kappa shape index (κ2) is 8.14. The van der Waals surface area contributed by atoms with E-state index in [1.807, 2.05) is 24.4 Å². The van der Waals surface area contributed by atoms with E-state index in [0.717, 1.165) is 49.5 Å². The Kier molecular flexibility index (Phi) is 5.45. The van der Waals surface area contributed by atoms with E-state index in [2.05, 4.69) is 24.6 Å². The zero-order valence-corrected chi connectivity index (χ0v) is 16.1.